The maximum atomic E-state index is 12.8. The van der Waals surface area contributed by atoms with E-state index in [0.29, 0.717) is 50.2 Å². The number of benzene rings is 1. The summed E-state index contributed by atoms with van der Waals surface area (Å²) in [6.07, 6.45) is 1.55. The third-order valence-electron chi connectivity index (χ3n) is 5.40. The van der Waals surface area contributed by atoms with Crippen molar-refractivity contribution in [1.82, 2.24) is 15.1 Å². The summed E-state index contributed by atoms with van der Waals surface area (Å²) in [4.78, 5) is 42.6. The molecule has 1 unspecified atom stereocenters. The number of ether oxygens (including phenoxy) is 1. The third kappa shape index (κ3) is 4.11. The number of piperazine rings is 1. The van der Waals surface area contributed by atoms with Crippen LogP contribution in [0.25, 0.3) is 0 Å². The molecule has 1 saturated carbocycles. The standard InChI is InChI=1S/C20H26N4O4/c1-14-20(27)24(16-4-2-3-5-17(16)28-14)13-19(26)23-10-8-22(9-11-23)12-18(25)21-15-6-7-15/h2-5,14-15H,6-13H2,1H3,(H,21,25). The minimum absolute atomic E-state index is 0.00567. The Kier molecular flexibility index (Phi) is 5.21. The molecule has 1 aliphatic carbocycles. The average Bonchev–Trinajstić information content (AvgIpc) is 3.49. The molecule has 1 atom stereocenters. The minimum atomic E-state index is -0.607. The van der Waals surface area contributed by atoms with Crippen LogP contribution in [0.5, 0.6) is 5.75 Å². The predicted octanol–water partition coefficient (Wildman–Crippen LogP) is 0.223. The van der Waals surface area contributed by atoms with Crippen LogP contribution < -0.4 is 15.0 Å². The molecule has 1 aromatic carbocycles. The number of amides is 3. The van der Waals surface area contributed by atoms with Crippen LogP contribution in [0, 0.1) is 0 Å². The molecule has 0 spiro atoms. The van der Waals surface area contributed by atoms with Crippen molar-refractivity contribution in [2.75, 3.05) is 44.2 Å². The molecule has 4 rings (SSSR count). The summed E-state index contributed by atoms with van der Waals surface area (Å²) in [6, 6.07) is 7.64. The summed E-state index contributed by atoms with van der Waals surface area (Å²) >= 11 is 0. The highest BCUT2D eigenvalue weighted by Gasteiger charge is 2.34. The zero-order chi connectivity index (χ0) is 19.7. The fourth-order valence-corrected chi connectivity index (χ4v) is 3.62. The van der Waals surface area contributed by atoms with E-state index in [-0.39, 0.29) is 24.3 Å². The molecular formula is C20H26N4O4. The lowest BCUT2D eigenvalue weighted by Gasteiger charge is -2.37. The first kappa shape index (κ1) is 18.7. The molecule has 1 aromatic rings. The largest absolute Gasteiger partial charge is 0.479 e. The van der Waals surface area contributed by atoms with E-state index in [1.54, 1.807) is 24.0 Å². The summed E-state index contributed by atoms with van der Waals surface area (Å²) in [7, 11) is 0. The molecule has 0 bridgehead atoms. The van der Waals surface area contributed by atoms with Gasteiger partial charge in [0, 0.05) is 32.2 Å². The van der Waals surface area contributed by atoms with Crippen molar-refractivity contribution in [1.29, 1.82) is 0 Å². The lowest BCUT2D eigenvalue weighted by Crippen LogP contribution is -2.55. The minimum Gasteiger partial charge on any atom is -0.479 e. The fraction of sp³-hybridized carbons (Fsp3) is 0.550. The Balaban J connectivity index is 1.32. The monoisotopic (exact) mass is 386 g/mol. The number of hydrogen-bond acceptors (Lipinski definition) is 5. The second kappa shape index (κ2) is 7.79. The Bertz CT molecular complexity index is 771. The number of carbonyl (C=O) groups excluding carboxylic acids is 3. The van der Waals surface area contributed by atoms with Crippen LogP contribution in [-0.4, -0.2) is 78.9 Å². The lowest BCUT2D eigenvalue weighted by molar-refractivity contribution is -0.134. The third-order valence-corrected chi connectivity index (χ3v) is 5.40. The van der Waals surface area contributed by atoms with Crippen molar-refractivity contribution in [2.24, 2.45) is 0 Å². The average molecular weight is 386 g/mol. The van der Waals surface area contributed by atoms with Crippen molar-refractivity contribution >= 4 is 23.4 Å². The number of anilines is 1. The number of nitrogens with zero attached hydrogens (tertiary/aromatic N) is 3. The van der Waals surface area contributed by atoms with Crippen LogP contribution in [0.15, 0.2) is 24.3 Å². The zero-order valence-electron chi connectivity index (χ0n) is 16.1. The van der Waals surface area contributed by atoms with Crippen molar-refractivity contribution < 1.29 is 19.1 Å². The molecular weight excluding hydrogens is 360 g/mol. The van der Waals surface area contributed by atoms with Crippen LogP contribution in [0.3, 0.4) is 0 Å². The van der Waals surface area contributed by atoms with Crippen LogP contribution in [0.1, 0.15) is 19.8 Å². The van der Waals surface area contributed by atoms with Gasteiger partial charge in [-0.15, -0.1) is 0 Å². The maximum Gasteiger partial charge on any atom is 0.268 e. The van der Waals surface area contributed by atoms with E-state index in [1.165, 1.54) is 4.90 Å². The Labute approximate surface area is 164 Å². The zero-order valence-corrected chi connectivity index (χ0v) is 16.1. The second-order valence-electron chi connectivity index (χ2n) is 7.65. The topological polar surface area (TPSA) is 82.2 Å². The van der Waals surface area contributed by atoms with Gasteiger partial charge < -0.3 is 15.0 Å². The Morgan fingerprint density at radius 1 is 1.11 bits per heavy atom. The van der Waals surface area contributed by atoms with E-state index < -0.39 is 6.10 Å². The molecule has 8 nitrogen and oxygen atoms in total. The number of carbonyl (C=O) groups is 3. The first-order valence-corrected chi connectivity index (χ1v) is 9.88. The summed E-state index contributed by atoms with van der Waals surface area (Å²) in [5, 5.41) is 2.99. The number of rotatable bonds is 5. The van der Waals surface area contributed by atoms with Crippen molar-refractivity contribution in [3.05, 3.63) is 24.3 Å². The Hall–Kier alpha value is -2.61. The molecule has 1 saturated heterocycles. The normalized spacial score (nSPS) is 22.5. The van der Waals surface area contributed by atoms with E-state index in [1.807, 2.05) is 12.1 Å². The molecule has 0 aromatic heterocycles. The molecule has 2 aliphatic heterocycles. The number of para-hydroxylation sites is 2. The highest BCUT2D eigenvalue weighted by Crippen LogP contribution is 2.33. The summed E-state index contributed by atoms with van der Waals surface area (Å²) in [6.45, 7) is 4.52. The van der Waals surface area contributed by atoms with Gasteiger partial charge in [-0.2, -0.15) is 0 Å². The van der Waals surface area contributed by atoms with Gasteiger partial charge >= 0.3 is 0 Å². The van der Waals surface area contributed by atoms with Gasteiger partial charge in [-0.3, -0.25) is 24.2 Å². The van der Waals surface area contributed by atoms with Gasteiger partial charge in [0.1, 0.15) is 12.3 Å². The van der Waals surface area contributed by atoms with Gasteiger partial charge in [-0.05, 0) is 31.9 Å². The molecule has 8 heteroatoms. The summed E-state index contributed by atoms with van der Waals surface area (Å²) in [5.74, 6) is 0.391. The van der Waals surface area contributed by atoms with Gasteiger partial charge in [0.15, 0.2) is 6.10 Å². The molecule has 28 heavy (non-hydrogen) atoms. The van der Waals surface area contributed by atoms with Gasteiger partial charge in [0.2, 0.25) is 11.8 Å². The smallest absolute Gasteiger partial charge is 0.268 e. The van der Waals surface area contributed by atoms with Crippen molar-refractivity contribution in [2.45, 2.75) is 31.9 Å². The van der Waals surface area contributed by atoms with Crippen molar-refractivity contribution in [3.63, 3.8) is 0 Å². The van der Waals surface area contributed by atoms with Gasteiger partial charge in [-0.1, -0.05) is 12.1 Å². The fourth-order valence-electron chi connectivity index (χ4n) is 3.62. The first-order chi connectivity index (χ1) is 13.5. The van der Waals surface area contributed by atoms with Gasteiger partial charge in [0.05, 0.1) is 12.2 Å². The van der Waals surface area contributed by atoms with Crippen LogP contribution >= 0.6 is 0 Å². The Morgan fingerprint density at radius 3 is 2.54 bits per heavy atom. The highest BCUT2D eigenvalue weighted by molar-refractivity contribution is 6.03. The quantitative estimate of drug-likeness (QED) is 0.783. The molecule has 2 fully saturated rings. The van der Waals surface area contributed by atoms with E-state index in [0.717, 1.165) is 12.8 Å². The van der Waals surface area contributed by atoms with Gasteiger partial charge in [-0.25, -0.2) is 0 Å². The summed E-state index contributed by atoms with van der Waals surface area (Å²) in [5.41, 5.74) is 0.634. The van der Waals surface area contributed by atoms with E-state index in [4.69, 9.17) is 4.74 Å². The van der Waals surface area contributed by atoms with Crippen LogP contribution in [0.4, 0.5) is 5.69 Å². The summed E-state index contributed by atoms with van der Waals surface area (Å²) < 4.78 is 5.62. The predicted molar refractivity (Wildman–Crippen MR) is 103 cm³/mol. The molecule has 3 amide bonds. The Morgan fingerprint density at radius 2 is 1.82 bits per heavy atom. The SMILES string of the molecule is CC1Oc2ccccc2N(CC(=O)N2CCN(CC(=O)NC3CC3)CC2)C1=O. The number of hydrogen-bond donors (Lipinski definition) is 1. The van der Waals surface area contributed by atoms with E-state index in [2.05, 4.69) is 10.2 Å². The molecule has 0 radical (unpaired) electrons. The maximum absolute atomic E-state index is 12.8. The molecule has 150 valence electrons. The molecule has 2 heterocycles. The second-order valence-corrected chi connectivity index (χ2v) is 7.65. The lowest BCUT2D eigenvalue weighted by atomic mass is 10.2. The number of fused-ring (bicyclic) bond motifs is 1. The van der Waals surface area contributed by atoms with E-state index >= 15 is 0 Å². The van der Waals surface area contributed by atoms with Crippen LogP contribution in [0.2, 0.25) is 0 Å². The van der Waals surface area contributed by atoms with Crippen LogP contribution in [-0.2, 0) is 14.4 Å². The molecule has 1 N–H and O–H groups in total. The van der Waals surface area contributed by atoms with Gasteiger partial charge in [0.25, 0.3) is 5.91 Å². The van der Waals surface area contributed by atoms with E-state index in [9.17, 15) is 14.4 Å². The number of nitrogens with one attached hydrogen (secondary N) is 1. The van der Waals surface area contributed by atoms with Crippen molar-refractivity contribution in [3.8, 4) is 5.75 Å². The molecule has 3 aliphatic rings. The highest BCUT2D eigenvalue weighted by atomic mass is 16.5. The first-order valence-electron chi connectivity index (χ1n) is 9.88.